The Morgan fingerprint density at radius 1 is 1.14 bits per heavy atom. The van der Waals surface area contributed by atoms with Crippen molar-refractivity contribution >= 4 is 39.1 Å². The Hall–Kier alpha value is -3.00. The van der Waals surface area contributed by atoms with Gasteiger partial charge in [-0.2, -0.15) is 0 Å². The van der Waals surface area contributed by atoms with Crippen molar-refractivity contribution in [2.75, 3.05) is 5.32 Å². The van der Waals surface area contributed by atoms with Crippen LogP contribution < -0.4 is 10.9 Å². The molecular formula is C21H23N3O4S. The SMILES string of the molecule is Cc1ccc(NC(=O)[C@H](C)n2cnc3sc(C(=O)OC(C)C)c(C)c3c2=O)cc1. The zero-order valence-electron chi connectivity index (χ0n) is 17.0. The molecule has 0 saturated heterocycles. The number of rotatable bonds is 5. The fraction of sp³-hybridized carbons (Fsp3) is 0.333. The number of carbonyl (C=O) groups excluding carboxylic acids is 2. The number of thiophene rings is 1. The normalized spacial score (nSPS) is 12.2. The highest BCUT2D eigenvalue weighted by molar-refractivity contribution is 7.20. The number of hydrogen-bond acceptors (Lipinski definition) is 6. The first kappa shape index (κ1) is 20.7. The Morgan fingerprint density at radius 3 is 2.41 bits per heavy atom. The Morgan fingerprint density at radius 2 is 1.79 bits per heavy atom. The fourth-order valence-electron chi connectivity index (χ4n) is 2.89. The quantitative estimate of drug-likeness (QED) is 0.642. The molecule has 0 aliphatic heterocycles. The van der Waals surface area contributed by atoms with Crippen LogP contribution in [0.15, 0.2) is 35.4 Å². The number of esters is 1. The van der Waals surface area contributed by atoms with E-state index in [4.69, 9.17) is 4.74 Å². The standard InChI is InChI=1S/C21H23N3O4S/c1-11(2)28-21(27)17-13(4)16-19(29-17)22-10-24(20(16)26)14(5)18(25)23-15-8-6-12(3)7-9-15/h6-11,14H,1-5H3,(H,23,25)/t14-/m0/s1. The van der Waals surface area contributed by atoms with E-state index in [-0.39, 0.29) is 17.6 Å². The third-order valence-corrected chi connectivity index (χ3v) is 5.70. The number of hydrogen-bond donors (Lipinski definition) is 1. The van der Waals surface area contributed by atoms with Gasteiger partial charge in [-0.15, -0.1) is 11.3 Å². The van der Waals surface area contributed by atoms with Crippen LogP contribution >= 0.6 is 11.3 Å². The van der Waals surface area contributed by atoms with Gasteiger partial charge in [-0.25, -0.2) is 9.78 Å². The van der Waals surface area contributed by atoms with Crippen LogP contribution in [0.1, 0.15) is 47.6 Å². The average Bonchev–Trinajstić information content (AvgIpc) is 3.00. The molecule has 3 rings (SSSR count). The summed E-state index contributed by atoms with van der Waals surface area (Å²) in [5.74, 6) is -0.805. The molecule has 0 radical (unpaired) electrons. The van der Waals surface area contributed by atoms with Crippen molar-refractivity contribution in [3.8, 4) is 0 Å². The number of ether oxygens (including phenoxy) is 1. The first-order valence-corrected chi connectivity index (χ1v) is 10.1. The lowest BCUT2D eigenvalue weighted by Gasteiger charge is -2.15. The van der Waals surface area contributed by atoms with Gasteiger partial charge in [0.15, 0.2) is 0 Å². The van der Waals surface area contributed by atoms with Crippen LogP contribution in [0.3, 0.4) is 0 Å². The molecular weight excluding hydrogens is 390 g/mol. The molecule has 2 aromatic heterocycles. The van der Waals surface area contributed by atoms with E-state index >= 15 is 0 Å². The predicted octanol–water partition coefficient (Wildman–Crippen LogP) is 3.84. The number of amides is 1. The molecule has 1 N–H and O–H groups in total. The minimum atomic E-state index is -0.772. The predicted molar refractivity (Wildman–Crippen MR) is 114 cm³/mol. The molecule has 1 amide bonds. The number of aryl methyl sites for hydroxylation is 2. The van der Waals surface area contributed by atoms with Crippen LogP contribution in [0.5, 0.6) is 0 Å². The maximum atomic E-state index is 13.0. The van der Waals surface area contributed by atoms with Crippen molar-refractivity contribution in [2.24, 2.45) is 0 Å². The zero-order chi connectivity index (χ0) is 21.3. The van der Waals surface area contributed by atoms with Crippen LogP contribution in [-0.4, -0.2) is 27.5 Å². The van der Waals surface area contributed by atoms with E-state index in [1.807, 2.05) is 19.1 Å². The van der Waals surface area contributed by atoms with E-state index < -0.39 is 12.0 Å². The second-order valence-corrected chi connectivity index (χ2v) is 8.18. The molecule has 0 aliphatic carbocycles. The molecule has 0 aliphatic rings. The molecule has 1 atom stereocenters. The molecule has 2 heterocycles. The highest BCUT2D eigenvalue weighted by Crippen LogP contribution is 2.28. The van der Waals surface area contributed by atoms with Crippen LogP contribution in [0, 0.1) is 13.8 Å². The van der Waals surface area contributed by atoms with Gasteiger partial charge in [0.2, 0.25) is 5.91 Å². The summed E-state index contributed by atoms with van der Waals surface area (Å²) in [5, 5.41) is 3.14. The van der Waals surface area contributed by atoms with Gasteiger partial charge in [0.1, 0.15) is 15.7 Å². The zero-order valence-corrected chi connectivity index (χ0v) is 17.8. The molecule has 0 fully saturated rings. The number of anilines is 1. The highest BCUT2D eigenvalue weighted by atomic mass is 32.1. The van der Waals surface area contributed by atoms with Gasteiger partial charge >= 0.3 is 5.97 Å². The van der Waals surface area contributed by atoms with E-state index in [2.05, 4.69) is 10.3 Å². The van der Waals surface area contributed by atoms with Gasteiger partial charge in [0, 0.05) is 5.69 Å². The summed E-state index contributed by atoms with van der Waals surface area (Å²) in [6.45, 7) is 8.82. The smallest absolute Gasteiger partial charge is 0.348 e. The van der Waals surface area contributed by atoms with Crippen LogP contribution in [0.25, 0.3) is 10.2 Å². The molecule has 3 aromatic rings. The Balaban J connectivity index is 1.93. The molecule has 29 heavy (non-hydrogen) atoms. The fourth-order valence-corrected chi connectivity index (χ4v) is 3.91. The summed E-state index contributed by atoms with van der Waals surface area (Å²) >= 11 is 1.12. The summed E-state index contributed by atoms with van der Waals surface area (Å²) in [7, 11) is 0. The van der Waals surface area contributed by atoms with E-state index in [1.165, 1.54) is 10.9 Å². The second kappa shape index (κ2) is 8.16. The van der Waals surface area contributed by atoms with Crippen molar-refractivity contribution in [1.29, 1.82) is 0 Å². The number of nitrogens with one attached hydrogen (secondary N) is 1. The number of aromatic nitrogens is 2. The summed E-state index contributed by atoms with van der Waals surface area (Å²) in [6, 6.07) is 6.63. The Labute approximate surface area is 172 Å². The monoisotopic (exact) mass is 413 g/mol. The van der Waals surface area contributed by atoms with Crippen LogP contribution in [0.4, 0.5) is 5.69 Å². The van der Waals surface area contributed by atoms with Crippen molar-refractivity contribution in [3.05, 3.63) is 57.0 Å². The molecule has 8 heteroatoms. The maximum Gasteiger partial charge on any atom is 0.348 e. The van der Waals surface area contributed by atoms with Gasteiger partial charge in [-0.05, 0) is 52.3 Å². The molecule has 7 nitrogen and oxygen atoms in total. The van der Waals surface area contributed by atoms with E-state index in [9.17, 15) is 14.4 Å². The molecule has 0 saturated carbocycles. The minimum Gasteiger partial charge on any atom is -0.459 e. The van der Waals surface area contributed by atoms with Crippen molar-refractivity contribution < 1.29 is 14.3 Å². The van der Waals surface area contributed by atoms with Gasteiger partial charge in [0.05, 0.1) is 17.8 Å². The lowest BCUT2D eigenvalue weighted by Crippen LogP contribution is -2.31. The van der Waals surface area contributed by atoms with Gasteiger partial charge in [0.25, 0.3) is 5.56 Å². The third-order valence-electron chi connectivity index (χ3n) is 4.52. The number of nitrogens with zero attached hydrogens (tertiary/aromatic N) is 2. The highest BCUT2D eigenvalue weighted by Gasteiger charge is 2.24. The Kier molecular flexibility index (Phi) is 5.83. The average molecular weight is 413 g/mol. The first-order chi connectivity index (χ1) is 13.7. The third kappa shape index (κ3) is 4.22. The van der Waals surface area contributed by atoms with Gasteiger partial charge in [-0.1, -0.05) is 17.7 Å². The lowest BCUT2D eigenvalue weighted by molar-refractivity contribution is -0.118. The second-order valence-electron chi connectivity index (χ2n) is 7.18. The number of carbonyl (C=O) groups is 2. The van der Waals surface area contributed by atoms with Crippen molar-refractivity contribution in [2.45, 2.75) is 46.8 Å². The maximum absolute atomic E-state index is 13.0. The molecule has 152 valence electrons. The lowest BCUT2D eigenvalue weighted by atomic mass is 10.2. The van der Waals surface area contributed by atoms with E-state index in [0.29, 0.717) is 26.3 Å². The summed E-state index contributed by atoms with van der Waals surface area (Å²) < 4.78 is 6.53. The molecule has 1 aromatic carbocycles. The van der Waals surface area contributed by atoms with E-state index in [1.54, 1.807) is 39.8 Å². The van der Waals surface area contributed by atoms with E-state index in [0.717, 1.165) is 16.9 Å². The Bertz CT molecular complexity index is 1130. The first-order valence-electron chi connectivity index (χ1n) is 9.27. The number of benzene rings is 1. The van der Waals surface area contributed by atoms with Gasteiger partial charge < -0.3 is 10.1 Å². The van der Waals surface area contributed by atoms with Crippen molar-refractivity contribution in [3.63, 3.8) is 0 Å². The molecule has 0 unspecified atom stereocenters. The van der Waals surface area contributed by atoms with Gasteiger partial charge in [-0.3, -0.25) is 14.2 Å². The molecule has 0 bridgehead atoms. The minimum absolute atomic E-state index is 0.262. The van der Waals surface area contributed by atoms with Crippen molar-refractivity contribution in [1.82, 2.24) is 9.55 Å². The summed E-state index contributed by atoms with van der Waals surface area (Å²) in [6.07, 6.45) is 1.08. The topological polar surface area (TPSA) is 90.3 Å². The summed E-state index contributed by atoms with van der Waals surface area (Å²) in [5.41, 5.74) is 1.90. The largest absolute Gasteiger partial charge is 0.459 e. The number of fused-ring (bicyclic) bond motifs is 1. The molecule has 0 spiro atoms. The van der Waals surface area contributed by atoms with Crippen LogP contribution in [0.2, 0.25) is 0 Å². The van der Waals surface area contributed by atoms with Crippen LogP contribution in [-0.2, 0) is 9.53 Å². The summed E-state index contributed by atoms with van der Waals surface area (Å²) in [4.78, 5) is 43.1.